The van der Waals surface area contributed by atoms with Crippen molar-refractivity contribution in [3.05, 3.63) is 34.5 Å². The summed E-state index contributed by atoms with van der Waals surface area (Å²) in [4.78, 5) is 20.1. The van der Waals surface area contributed by atoms with Crippen LogP contribution in [-0.2, 0) is 16.0 Å². The molecule has 0 bridgehead atoms. The standard InChI is InChI=1S/C14H18N4O2/c1-8-6-13(16-11(4)15-8)18-10(3)12(9(2)17-18)7-14(19)20-5/h6H,7H2,1-5H3. The van der Waals surface area contributed by atoms with Gasteiger partial charge in [-0.3, -0.25) is 4.79 Å². The van der Waals surface area contributed by atoms with Crippen molar-refractivity contribution in [3.8, 4) is 5.82 Å². The fourth-order valence-corrected chi connectivity index (χ4v) is 2.18. The molecule has 0 saturated carbocycles. The number of ether oxygens (including phenoxy) is 1. The Bertz CT molecular complexity index is 641. The molecule has 0 amide bonds. The van der Waals surface area contributed by atoms with Crippen LogP contribution in [-0.4, -0.2) is 32.8 Å². The zero-order valence-electron chi connectivity index (χ0n) is 12.4. The lowest BCUT2D eigenvalue weighted by Crippen LogP contribution is -2.08. The maximum atomic E-state index is 11.5. The van der Waals surface area contributed by atoms with Gasteiger partial charge in [0.25, 0.3) is 0 Å². The number of hydrogen-bond donors (Lipinski definition) is 0. The fourth-order valence-electron chi connectivity index (χ4n) is 2.18. The molecule has 0 radical (unpaired) electrons. The van der Waals surface area contributed by atoms with Gasteiger partial charge in [-0.15, -0.1) is 0 Å². The molecule has 0 atom stereocenters. The van der Waals surface area contributed by atoms with E-state index in [0.717, 1.165) is 22.6 Å². The van der Waals surface area contributed by atoms with Crippen LogP contribution in [0.3, 0.4) is 0 Å². The zero-order chi connectivity index (χ0) is 14.9. The van der Waals surface area contributed by atoms with Crippen LogP contribution in [0.25, 0.3) is 5.82 Å². The molecule has 0 aromatic carbocycles. The van der Waals surface area contributed by atoms with Crippen molar-refractivity contribution in [3.63, 3.8) is 0 Å². The Labute approximate surface area is 117 Å². The number of carbonyl (C=O) groups is 1. The summed E-state index contributed by atoms with van der Waals surface area (Å²) < 4.78 is 6.46. The molecule has 0 aliphatic heterocycles. The van der Waals surface area contributed by atoms with Gasteiger partial charge in [-0.25, -0.2) is 14.6 Å². The molecule has 0 N–H and O–H groups in total. The van der Waals surface area contributed by atoms with E-state index < -0.39 is 0 Å². The van der Waals surface area contributed by atoms with Crippen molar-refractivity contribution in [2.75, 3.05) is 7.11 Å². The van der Waals surface area contributed by atoms with Crippen molar-refractivity contribution >= 4 is 5.97 Å². The molecule has 2 heterocycles. The number of aromatic nitrogens is 4. The first-order chi connectivity index (χ1) is 9.42. The van der Waals surface area contributed by atoms with Crippen LogP contribution >= 0.6 is 0 Å². The van der Waals surface area contributed by atoms with E-state index in [-0.39, 0.29) is 12.4 Å². The summed E-state index contributed by atoms with van der Waals surface area (Å²) >= 11 is 0. The summed E-state index contributed by atoms with van der Waals surface area (Å²) in [5.74, 6) is 1.14. The van der Waals surface area contributed by atoms with E-state index in [1.807, 2.05) is 33.8 Å². The Morgan fingerprint density at radius 1 is 1.25 bits per heavy atom. The summed E-state index contributed by atoms with van der Waals surface area (Å²) in [5.41, 5.74) is 3.47. The predicted molar refractivity (Wildman–Crippen MR) is 73.8 cm³/mol. The lowest BCUT2D eigenvalue weighted by molar-refractivity contribution is -0.139. The van der Waals surface area contributed by atoms with Crippen LogP contribution in [0, 0.1) is 27.7 Å². The quantitative estimate of drug-likeness (QED) is 0.795. The fraction of sp³-hybridized carbons (Fsp3) is 0.429. The van der Waals surface area contributed by atoms with Gasteiger partial charge >= 0.3 is 5.97 Å². The normalized spacial score (nSPS) is 10.7. The molecule has 0 spiro atoms. The third-order valence-corrected chi connectivity index (χ3v) is 3.16. The van der Waals surface area contributed by atoms with E-state index in [1.54, 1.807) is 4.68 Å². The Hall–Kier alpha value is -2.24. The Balaban J connectivity index is 2.48. The molecule has 106 valence electrons. The van der Waals surface area contributed by atoms with Crippen molar-refractivity contribution < 1.29 is 9.53 Å². The first-order valence-corrected chi connectivity index (χ1v) is 6.37. The Kier molecular flexibility index (Phi) is 3.83. The lowest BCUT2D eigenvalue weighted by atomic mass is 10.1. The first kappa shape index (κ1) is 14.2. The molecule has 0 saturated heterocycles. The number of carbonyl (C=O) groups excluding carboxylic acids is 1. The van der Waals surface area contributed by atoms with Gasteiger partial charge in [0, 0.05) is 23.0 Å². The number of esters is 1. The van der Waals surface area contributed by atoms with Gasteiger partial charge in [0.05, 0.1) is 19.2 Å². The molecule has 20 heavy (non-hydrogen) atoms. The smallest absolute Gasteiger partial charge is 0.310 e. The molecule has 0 aliphatic rings. The number of nitrogens with zero attached hydrogens (tertiary/aromatic N) is 4. The van der Waals surface area contributed by atoms with E-state index in [0.29, 0.717) is 11.6 Å². The number of aryl methyl sites for hydroxylation is 3. The molecule has 2 aromatic heterocycles. The Morgan fingerprint density at radius 2 is 1.95 bits per heavy atom. The Morgan fingerprint density at radius 3 is 2.55 bits per heavy atom. The highest BCUT2D eigenvalue weighted by Gasteiger charge is 2.17. The molecular formula is C14H18N4O2. The van der Waals surface area contributed by atoms with Crippen LogP contribution in [0.15, 0.2) is 6.07 Å². The average molecular weight is 274 g/mol. The lowest BCUT2D eigenvalue weighted by Gasteiger charge is -2.06. The maximum Gasteiger partial charge on any atom is 0.310 e. The summed E-state index contributed by atoms with van der Waals surface area (Å²) in [7, 11) is 1.38. The minimum atomic E-state index is -0.272. The monoisotopic (exact) mass is 274 g/mol. The molecule has 6 nitrogen and oxygen atoms in total. The summed E-state index contributed by atoms with van der Waals surface area (Å²) in [6.07, 6.45) is 0.219. The molecular weight excluding hydrogens is 256 g/mol. The molecule has 0 unspecified atom stereocenters. The van der Waals surface area contributed by atoms with Crippen molar-refractivity contribution in [1.82, 2.24) is 19.7 Å². The SMILES string of the molecule is COC(=O)Cc1c(C)nn(-c2cc(C)nc(C)n2)c1C. The van der Waals surface area contributed by atoms with Gasteiger partial charge in [0.15, 0.2) is 5.82 Å². The van der Waals surface area contributed by atoms with Gasteiger partial charge in [0.1, 0.15) is 5.82 Å². The second kappa shape index (κ2) is 5.40. The van der Waals surface area contributed by atoms with E-state index in [1.165, 1.54) is 7.11 Å². The number of rotatable bonds is 3. The number of methoxy groups -OCH3 is 1. The summed E-state index contributed by atoms with van der Waals surface area (Å²) in [5, 5.41) is 4.47. The van der Waals surface area contributed by atoms with Crippen LogP contribution in [0.5, 0.6) is 0 Å². The largest absolute Gasteiger partial charge is 0.469 e. The zero-order valence-corrected chi connectivity index (χ0v) is 12.4. The summed E-state index contributed by atoms with van der Waals surface area (Å²) in [6, 6.07) is 1.87. The third kappa shape index (κ3) is 2.68. The number of hydrogen-bond acceptors (Lipinski definition) is 5. The van der Waals surface area contributed by atoms with E-state index in [4.69, 9.17) is 4.74 Å². The van der Waals surface area contributed by atoms with Crippen molar-refractivity contribution in [2.45, 2.75) is 34.1 Å². The minimum absolute atomic E-state index is 0.219. The second-order valence-electron chi connectivity index (χ2n) is 4.73. The average Bonchev–Trinajstić information content (AvgIpc) is 2.65. The summed E-state index contributed by atoms with van der Waals surface area (Å²) in [6.45, 7) is 7.56. The molecule has 2 rings (SSSR count). The minimum Gasteiger partial charge on any atom is -0.469 e. The van der Waals surface area contributed by atoms with Gasteiger partial charge in [-0.1, -0.05) is 0 Å². The molecule has 6 heteroatoms. The first-order valence-electron chi connectivity index (χ1n) is 6.37. The topological polar surface area (TPSA) is 69.9 Å². The van der Waals surface area contributed by atoms with Gasteiger partial charge in [0.2, 0.25) is 0 Å². The highest BCUT2D eigenvalue weighted by molar-refractivity contribution is 5.73. The molecule has 0 aliphatic carbocycles. The van der Waals surface area contributed by atoms with Crippen molar-refractivity contribution in [2.24, 2.45) is 0 Å². The van der Waals surface area contributed by atoms with Crippen molar-refractivity contribution in [1.29, 1.82) is 0 Å². The predicted octanol–water partition coefficient (Wildman–Crippen LogP) is 1.61. The molecule has 2 aromatic rings. The van der Waals surface area contributed by atoms with E-state index in [2.05, 4.69) is 15.1 Å². The van der Waals surface area contributed by atoms with Crippen LogP contribution in [0.4, 0.5) is 0 Å². The highest BCUT2D eigenvalue weighted by atomic mass is 16.5. The van der Waals surface area contributed by atoms with Crippen LogP contribution in [0.2, 0.25) is 0 Å². The van der Waals surface area contributed by atoms with E-state index in [9.17, 15) is 4.79 Å². The second-order valence-corrected chi connectivity index (χ2v) is 4.73. The maximum absolute atomic E-state index is 11.5. The van der Waals surface area contributed by atoms with Gasteiger partial charge in [-0.05, 0) is 27.7 Å². The van der Waals surface area contributed by atoms with Crippen LogP contribution in [0.1, 0.15) is 28.5 Å². The van der Waals surface area contributed by atoms with Gasteiger partial charge < -0.3 is 4.74 Å². The van der Waals surface area contributed by atoms with E-state index >= 15 is 0 Å². The highest BCUT2D eigenvalue weighted by Crippen LogP contribution is 2.18. The van der Waals surface area contributed by atoms with Crippen LogP contribution < -0.4 is 0 Å². The van der Waals surface area contributed by atoms with Gasteiger partial charge in [-0.2, -0.15) is 5.10 Å². The third-order valence-electron chi connectivity index (χ3n) is 3.16. The molecule has 0 fully saturated rings.